The van der Waals surface area contributed by atoms with Crippen molar-refractivity contribution in [2.75, 3.05) is 18.4 Å². The summed E-state index contributed by atoms with van der Waals surface area (Å²) in [5, 5.41) is 2.77. The first-order valence-electron chi connectivity index (χ1n) is 6.48. The highest BCUT2D eigenvalue weighted by Crippen LogP contribution is 2.15. The normalized spacial score (nSPS) is 16.2. The molecule has 98 valence electrons. The molecule has 1 heterocycles. The molecule has 2 rings (SSSR count). The number of urea groups is 1. The van der Waals surface area contributed by atoms with E-state index in [2.05, 4.69) is 5.32 Å². The van der Waals surface area contributed by atoms with Crippen LogP contribution in [0.1, 0.15) is 31.2 Å². The summed E-state index contributed by atoms with van der Waals surface area (Å²) < 4.78 is 13.2. The van der Waals surface area contributed by atoms with E-state index in [1.54, 1.807) is 6.07 Å². The molecule has 0 saturated carbocycles. The first-order chi connectivity index (χ1) is 8.65. The van der Waals surface area contributed by atoms with Crippen molar-refractivity contribution >= 4 is 11.7 Å². The van der Waals surface area contributed by atoms with Gasteiger partial charge in [-0.05, 0) is 43.5 Å². The molecule has 0 atom stereocenters. The van der Waals surface area contributed by atoms with E-state index in [9.17, 15) is 9.18 Å². The van der Waals surface area contributed by atoms with Gasteiger partial charge in [-0.2, -0.15) is 0 Å². The Morgan fingerprint density at radius 1 is 1.17 bits per heavy atom. The van der Waals surface area contributed by atoms with E-state index in [-0.39, 0.29) is 11.8 Å². The molecule has 0 aromatic heterocycles. The Hall–Kier alpha value is -1.58. The molecule has 1 aliphatic heterocycles. The zero-order valence-corrected chi connectivity index (χ0v) is 10.7. The minimum absolute atomic E-state index is 0.123. The third-order valence-electron chi connectivity index (χ3n) is 3.19. The van der Waals surface area contributed by atoms with Gasteiger partial charge in [0.25, 0.3) is 0 Å². The highest BCUT2D eigenvalue weighted by atomic mass is 19.1. The zero-order chi connectivity index (χ0) is 13.0. The first-order valence-corrected chi connectivity index (χ1v) is 6.48. The summed E-state index contributed by atoms with van der Waals surface area (Å²) in [4.78, 5) is 13.8. The van der Waals surface area contributed by atoms with Crippen molar-refractivity contribution in [2.24, 2.45) is 0 Å². The Balaban J connectivity index is 2.01. The predicted octanol–water partition coefficient (Wildman–Crippen LogP) is 3.54. The van der Waals surface area contributed by atoms with Gasteiger partial charge >= 0.3 is 6.03 Å². The van der Waals surface area contributed by atoms with Crippen LogP contribution in [0.15, 0.2) is 18.2 Å². The fourth-order valence-electron chi connectivity index (χ4n) is 2.28. The summed E-state index contributed by atoms with van der Waals surface area (Å²) in [6.07, 6.45) is 4.47. The van der Waals surface area contributed by atoms with Crippen LogP contribution >= 0.6 is 0 Å². The third-order valence-corrected chi connectivity index (χ3v) is 3.19. The number of amides is 2. The Morgan fingerprint density at radius 2 is 1.83 bits per heavy atom. The summed E-state index contributed by atoms with van der Waals surface area (Å²) in [5.41, 5.74) is 1.34. The fourth-order valence-corrected chi connectivity index (χ4v) is 2.28. The average Bonchev–Trinajstić information content (AvgIpc) is 2.55. The van der Waals surface area contributed by atoms with E-state index in [1.165, 1.54) is 25.0 Å². The molecule has 0 radical (unpaired) electrons. The van der Waals surface area contributed by atoms with E-state index >= 15 is 0 Å². The van der Waals surface area contributed by atoms with Crippen LogP contribution in [0.3, 0.4) is 0 Å². The van der Waals surface area contributed by atoms with Crippen molar-refractivity contribution in [3.05, 3.63) is 29.6 Å². The number of rotatable bonds is 1. The molecule has 0 spiro atoms. The maximum atomic E-state index is 13.2. The van der Waals surface area contributed by atoms with Crippen LogP contribution in [-0.4, -0.2) is 24.0 Å². The monoisotopic (exact) mass is 250 g/mol. The summed E-state index contributed by atoms with van der Waals surface area (Å²) in [6.45, 7) is 3.39. The molecule has 1 aliphatic rings. The lowest BCUT2D eigenvalue weighted by molar-refractivity contribution is 0.214. The average molecular weight is 250 g/mol. The van der Waals surface area contributed by atoms with Gasteiger partial charge in [-0.15, -0.1) is 0 Å². The Morgan fingerprint density at radius 3 is 2.44 bits per heavy atom. The number of nitrogens with zero attached hydrogens (tertiary/aromatic N) is 1. The second kappa shape index (κ2) is 5.85. The maximum Gasteiger partial charge on any atom is 0.321 e. The molecule has 2 amide bonds. The molecule has 0 unspecified atom stereocenters. The summed E-state index contributed by atoms with van der Waals surface area (Å²) in [7, 11) is 0. The lowest BCUT2D eigenvalue weighted by Crippen LogP contribution is -2.35. The maximum absolute atomic E-state index is 13.2. The van der Waals surface area contributed by atoms with Crippen molar-refractivity contribution in [3.63, 3.8) is 0 Å². The van der Waals surface area contributed by atoms with Crippen LogP contribution in [0, 0.1) is 12.7 Å². The number of aryl methyl sites for hydroxylation is 1. The van der Waals surface area contributed by atoms with Crippen LogP contribution in [0.25, 0.3) is 0 Å². The molecule has 1 N–H and O–H groups in total. The molecule has 18 heavy (non-hydrogen) atoms. The van der Waals surface area contributed by atoms with Crippen molar-refractivity contribution in [2.45, 2.75) is 32.6 Å². The highest BCUT2D eigenvalue weighted by molar-refractivity contribution is 5.89. The van der Waals surface area contributed by atoms with Crippen LogP contribution < -0.4 is 5.32 Å². The second-order valence-electron chi connectivity index (χ2n) is 4.85. The van der Waals surface area contributed by atoms with Gasteiger partial charge in [-0.25, -0.2) is 9.18 Å². The van der Waals surface area contributed by atoms with Gasteiger partial charge in [0.1, 0.15) is 5.82 Å². The number of carbonyl (C=O) groups excluding carboxylic acids is 1. The SMILES string of the molecule is Cc1cc(F)cc(NC(=O)N2CCCCCC2)c1. The van der Waals surface area contributed by atoms with Gasteiger partial charge in [-0.1, -0.05) is 12.8 Å². The van der Waals surface area contributed by atoms with Crippen molar-refractivity contribution in [3.8, 4) is 0 Å². The van der Waals surface area contributed by atoms with E-state index in [0.29, 0.717) is 5.69 Å². The third kappa shape index (κ3) is 3.45. The lowest BCUT2D eigenvalue weighted by atomic mass is 10.2. The van der Waals surface area contributed by atoms with Crippen LogP contribution in [-0.2, 0) is 0 Å². The summed E-state index contributed by atoms with van der Waals surface area (Å²) in [5.74, 6) is -0.318. The molecular formula is C14H19FN2O. The number of nitrogens with one attached hydrogen (secondary N) is 1. The Kier molecular flexibility index (Phi) is 4.18. The number of hydrogen-bond donors (Lipinski definition) is 1. The van der Waals surface area contributed by atoms with Crippen LogP contribution in [0.4, 0.5) is 14.9 Å². The number of likely N-dealkylation sites (tertiary alicyclic amines) is 1. The van der Waals surface area contributed by atoms with Gasteiger partial charge in [0.05, 0.1) is 0 Å². The molecule has 0 bridgehead atoms. The fraction of sp³-hybridized carbons (Fsp3) is 0.500. The summed E-state index contributed by atoms with van der Waals surface area (Å²) >= 11 is 0. The molecule has 3 nitrogen and oxygen atoms in total. The number of benzene rings is 1. The van der Waals surface area contributed by atoms with E-state index < -0.39 is 0 Å². The number of carbonyl (C=O) groups is 1. The Bertz CT molecular complexity index is 406. The van der Waals surface area contributed by atoms with Crippen LogP contribution in [0.2, 0.25) is 0 Å². The van der Waals surface area contributed by atoms with Crippen molar-refractivity contribution < 1.29 is 9.18 Å². The zero-order valence-electron chi connectivity index (χ0n) is 10.7. The minimum atomic E-state index is -0.318. The van der Waals surface area contributed by atoms with E-state index in [0.717, 1.165) is 31.5 Å². The van der Waals surface area contributed by atoms with E-state index in [4.69, 9.17) is 0 Å². The predicted molar refractivity (Wildman–Crippen MR) is 70.2 cm³/mol. The van der Waals surface area contributed by atoms with E-state index in [1.807, 2.05) is 11.8 Å². The number of hydrogen-bond acceptors (Lipinski definition) is 1. The number of anilines is 1. The van der Waals surface area contributed by atoms with Crippen molar-refractivity contribution in [1.29, 1.82) is 0 Å². The molecular weight excluding hydrogens is 231 g/mol. The molecule has 0 aliphatic carbocycles. The second-order valence-corrected chi connectivity index (χ2v) is 4.85. The molecule has 1 fully saturated rings. The van der Waals surface area contributed by atoms with Gasteiger partial charge < -0.3 is 10.2 Å². The van der Waals surface area contributed by atoms with Gasteiger partial charge in [0, 0.05) is 18.8 Å². The Labute approximate surface area is 107 Å². The molecule has 1 aromatic carbocycles. The highest BCUT2D eigenvalue weighted by Gasteiger charge is 2.15. The minimum Gasteiger partial charge on any atom is -0.325 e. The van der Waals surface area contributed by atoms with Crippen molar-refractivity contribution in [1.82, 2.24) is 4.90 Å². The lowest BCUT2D eigenvalue weighted by Gasteiger charge is -2.20. The topological polar surface area (TPSA) is 32.3 Å². The molecule has 4 heteroatoms. The molecule has 1 aromatic rings. The quantitative estimate of drug-likeness (QED) is 0.812. The largest absolute Gasteiger partial charge is 0.325 e. The first kappa shape index (κ1) is 12.9. The van der Waals surface area contributed by atoms with Crippen LogP contribution in [0.5, 0.6) is 0 Å². The van der Waals surface area contributed by atoms with Gasteiger partial charge in [0.15, 0.2) is 0 Å². The number of halogens is 1. The smallest absolute Gasteiger partial charge is 0.321 e. The summed E-state index contributed by atoms with van der Waals surface area (Å²) in [6, 6.07) is 4.45. The molecule has 1 saturated heterocycles. The van der Waals surface area contributed by atoms with Gasteiger partial charge in [0.2, 0.25) is 0 Å². The standard InChI is InChI=1S/C14H19FN2O/c1-11-8-12(15)10-13(9-11)16-14(18)17-6-4-2-3-5-7-17/h8-10H,2-7H2,1H3,(H,16,18). The van der Waals surface area contributed by atoms with Gasteiger partial charge in [-0.3, -0.25) is 0 Å².